The van der Waals surface area contributed by atoms with Crippen molar-refractivity contribution in [2.75, 3.05) is 50.5 Å². The molecule has 0 spiro atoms. The maximum absolute atomic E-state index is 10.3. The van der Waals surface area contributed by atoms with Gasteiger partial charge in [-0.25, -0.2) is 4.98 Å². The Morgan fingerprint density at radius 2 is 1.91 bits per heavy atom. The van der Waals surface area contributed by atoms with Gasteiger partial charge < -0.3 is 30.1 Å². The van der Waals surface area contributed by atoms with Gasteiger partial charge in [-0.2, -0.15) is 4.98 Å². The molecule has 35 heavy (non-hydrogen) atoms. The Morgan fingerprint density at radius 1 is 1.09 bits per heavy atom. The number of anilines is 3. The third kappa shape index (κ3) is 8.23. The molecule has 1 aromatic carbocycles. The fourth-order valence-electron chi connectivity index (χ4n) is 4.79. The molecule has 1 saturated carbocycles. The Balaban J connectivity index is 1.27. The van der Waals surface area contributed by atoms with E-state index in [2.05, 4.69) is 30.8 Å². The molecule has 1 atom stereocenters. The van der Waals surface area contributed by atoms with E-state index in [1.165, 1.54) is 45.2 Å². The lowest BCUT2D eigenvalue weighted by Gasteiger charge is -2.26. The molecule has 0 bridgehead atoms. The second-order valence-corrected chi connectivity index (χ2v) is 9.41. The molecule has 2 aliphatic rings. The number of hydrogen-bond donors (Lipinski definition) is 4. The van der Waals surface area contributed by atoms with Gasteiger partial charge in [-0.05, 0) is 63.4 Å². The smallest absolute Gasteiger partial charge is 0.229 e. The Labute approximate surface area is 208 Å². The molecule has 0 amide bonds. The predicted octanol–water partition coefficient (Wildman–Crippen LogP) is 3.75. The fraction of sp³-hybridized carbons (Fsp3) is 0.615. The molecule has 1 aliphatic carbocycles. The number of hydrogen-bond acceptors (Lipinski definition) is 9. The third-order valence-corrected chi connectivity index (χ3v) is 6.66. The van der Waals surface area contributed by atoms with Crippen LogP contribution in [-0.2, 0) is 0 Å². The molecule has 9 heteroatoms. The largest absolute Gasteiger partial charge is 0.493 e. The molecule has 1 saturated heterocycles. The summed E-state index contributed by atoms with van der Waals surface area (Å²) >= 11 is 0. The highest BCUT2D eigenvalue weighted by Gasteiger charge is 2.16. The van der Waals surface area contributed by atoms with Gasteiger partial charge in [0.15, 0.2) is 11.5 Å². The standard InChI is InChI=1S/C26H40N6O3/c1-34-22-11-10-21(18-23(22)35-17-7-16-32-14-5-6-15-32)30-26-27-13-12-24(31-26)28-19-25(33)29-20-8-3-2-4-9-20/h10-13,18,20,25,29,33H,2-9,14-17,19H2,1H3,(H2,27,28,30,31). The van der Waals surface area contributed by atoms with Crippen LogP contribution in [0, 0.1) is 0 Å². The van der Waals surface area contributed by atoms with Gasteiger partial charge in [-0.3, -0.25) is 5.32 Å². The summed E-state index contributed by atoms with van der Waals surface area (Å²) < 4.78 is 11.5. The summed E-state index contributed by atoms with van der Waals surface area (Å²) in [7, 11) is 1.65. The molecule has 192 valence electrons. The summed E-state index contributed by atoms with van der Waals surface area (Å²) in [5.41, 5.74) is 0.816. The Hall–Kier alpha value is -2.62. The number of ether oxygens (including phenoxy) is 2. The van der Waals surface area contributed by atoms with E-state index in [9.17, 15) is 5.11 Å². The van der Waals surface area contributed by atoms with Crippen molar-refractivity contribution in [3.63, 3.8) is 0 Å². The molecule has 2 aromatic rings. The topological polar surface area (TPSA) is 104 Å². The molecule has 4 rings (SSSR count). The first-order valence-corrected chi connectivity index (χ1v) is 13.0. The number of methoxy groups -OCH3 is 1. The van der Waals surface area contributed by atoms with Crippen LogP contribution in [0.25, 0.3) is 0 Å². The van der Waals surface area contributed by atoms with Gasteiger partial charge in [-0.1, -0.05) is 19.3 Å². The van der Waals surface area contributed by atoms with E-state index in [0.717, 1.165) is 31.5 Å². The monoisotopic (exact) mass is 484 g/mol. The number of nitrogens with one attached hydrogen (secondary N) is 3. The highest BCUT2D eigenvalue weighted by molar-refractivity contribution is 5.60. The van der Waals surface area contributed by atoms with Crippen molar-refractivity contribution >= 4 is 17.5 Å². The molecule has 1 unspecified atom stereocenters. The summed E-state index contributed by atoms with van der Waals surface area (Å²) in [4.78, 5) is 11.3. The predicted molar refractivity (Wildman–Crippen MR) is 139 cm³/mol. The number of benzene rings is 1. The molecule has 0 radical (unpaired) electrons. The third-order valence-electron chi connectivity index (χ3n) is 6.66. The molecule has 2 fully saturated rings. The van der Waals surface area contributed by atoms with E-state index in [-0.39, 0.29) is 0 Å². The van der Waals surface area contributed by atoms with Gasteiger partial charge in [0.25, 0.3) is 0 Å². The fourth-order valence-corrected chi connectivity index (χ4v) is 4.79. The number of aliphatic hydroxyl groups excluding tert-OH is 1. The van der Waals surface area contributed by atoms with Crippen LogP contribution in [-0.4, -0.2) is 72.1 Å². The number of aliphatic hydroxyl groups is 1. The number of likely N-dealkylation sites (tertiary alicyclic amines) is 1. The Kier molecular flexibility index (Phi) is 9.80. The molecule has 1 aliphatic heterocycles. The van der Waals surface area contributed by atoms with E-state index in [0.29, 0.717) is 42.5 Å². The maximum atomic E-state index is 10.3. The first kappa shape index (κ1) is 25.5. The van der Waals surface area contributed by atoms with Crippen molar-refractivity contribution in [1.82, 2.24) is 20.2 Å². The van der Waals surface area contributed by atoms with Gasteiger partial charge >= 0.3 is 0 Å². The van der Waals surface area contributed by atoms with Crippen LogP contribution >= 0.6 is 0 Å². The van der Waals surface area contributed by atoms with Gasteiger partial charge in [-0.15, -0.1) is 0 Å². The summed E-state index contributed by atoms with van der Waals surface area (Å²) in [6.45, 7) is 4.49. The average Bonchev–Trinajstić information content (AvgIpc) is 3.40. The Bertz CT molecular complexity index is 902. The van der Waals surface area contributed by atoms with Crippen LogP contribution in [0.5, 0.6) is 11.5 Å². The van der Waals surface area contributed by atoms with Crippen molar-refractivity contribution in [2.24, 2.45) is 0 Å². The summed E-state index contributed by atoms with van der Waals surface area (Å²) in [6, 6.07) is 7.90. The Morgan fingerprint density at radius 3 is 2.71 bits per heavy atom. The van der Waals surface area contributed by atoms with Gasteiger partial charge in [0.2, 0.25) is 5.95 Å². The normalized spacial score (nSPS) is 17.8. The minimum absolute atomic E-state index is 0.380. The van der Waals surface area contributed by atoms with E-state index in [4.69, 9.17) is 9.47 Å². The molecule has 2 heterocycles. The number of aromatic nitrogens is 2. The molecular weight excluding hydrogens is 444 g/mol. The molecule has 4 N–H and O–H groups in total. The molecule has 1 aromatic heterocycles. The molecular formula is C26H40N6O3. The zero-order valence-corrected chi connectivity index (χ0v) is 20.8. The average molecular weight is 485 g/mol. The minimum atomic E-state index is -0.615. The first-order chi connectivity index (χ1) is 17.2. The quantitative estimate of drug-likeness (QED) is 0.250. The van der Waals surface area contributed by atoms with Crippen LogP contribution < -0.4 is 25.4 Å². The zero-order chi connectivity index (χ0) is 24.3. The van der Waals surface area contributed by atoms with Crippen molar-refractivity contribution < 1.29 is 14.6 Å². The zero-order valence-electron chi connectivity index (χ0n) is 20.8. The lowest BCUT2D eigenvalue weighted by Crippen LogP contribution is -2.43. The van der Waals surface area contributed by atoms with Crippen LogP contribution in [0.3, 0.4) is 0 Å². The van der Waals surface area contributed by atoms with Crippen LogP contribution in [0.2, 0.25) is 0 Å². The number of nitrogens with zero attached hydrogens (tertiary/aromatic N) is 3. The van der Waals surface area contributed by atoms with E-state index < -0.39 is 6.23 Å². The SMILES string of the molecule is COc1ccc(Nc2nccc(NCC(O)NC3CCCCC3)n2)cc1OCCCN1CCCC1. The van der Waals surface area contributed by atoms with Crippen molar-refractivity contribution in [3.8, 4) is 11.5 Å². The van der Waals surface area contributed by atoms with Gasteiger partial charge in [0, 0.05) is 30.5 Å². The maximum Gasteiger partial charge on any atom is 0.229 e. The van der Waals surface area contributed by atoms with Crippen LogP contribution in [0.4, 0.5) is 17.5 Å². The molecule has 9 nitrogen and oxygen atoms in total. The lowest BCUT2D eigenvalue weighted by atomic mass is 9.95. The van der Waals surface area contributed by atoms with Crippen LogP contribution in [0.15, 0.2) is 30.5 Å². The second-order valence-electron chi connectivity index (χ2n) is 9.41. The van der Waals surface area contributed by atoms with E-state index >= 15 is 0 Å². The summed E-state index contributed by atoms with van der Waals surface area (Å²) in [5.74, 6) is 2.52. The van der Waals surface area contributed by atoms with E-state index in [1.54, 1.807) is 19.4 Å². The minimum Gasteiger partial charge on any atom is -0.493 e. The first-order valence-electron chi connectivity index (χ1n) is 13.0. The lowest BCUT2D eigenvalue weighted by molar-refractivity contribution is 0.124. The van der Waals surface area contributed by atoms with Crippen molar-refractivity contribution in [1.29, 1.82) is 0 Å². The highest BCUT2D eigenvalue weighted by Crippen LogP contribution is 2.31. The highest BCUT2D eigenvalue weighted by atomic mass is 16.5. The van der Waals surface area contributed by atoms with Crippen LogP contribution in [0.1, 0.15) is 51.4 Å². The van der Waals surface area contributed by atoms with Crippen molar-refractivity contribution in [3.05, 3.63) is 30.5 Å². The van der Waals surface area contributed by atoms with Crippen molar-refractivity contribution in [2.45, 2.75) is 63.6 Å². The van der Waals surface area contributed by atoms with Gasteiger partial charge in [0.05, 0.1) is 20.3 Å². The number of rotatable bonds is 13. The summed E-state index contributed by atoms with van der Waals surface area (Å²) in [5, 5.41) is 20.1. The van der Waals surface area contributed by atoms with E-state index in [1.807, 2.05) is 18.2 Å². The van der Waals surface area contributed by atoms with Gasteiger partial charge in [0.1, 0.15) is 12.0 Å². The summed E-state index contributed by atoms with van der Waals surface area (Å²) in [6.07, 6.45) is 10.7. The second kappa shape index (κ2) is 13.5.